The summed E-state index contributed by atoms with van der Waals surface area (Å²) < 4.78 is 38.2. The van der Waals surface area contributed by atoms with Crippen molar-refractivity contribution in [1.82, 2.24) is 4.90 Å². The number of likely N-dealkylation sites (tertiary alicyclic amines) is 1. The molecule has 2 spiro atoms. The molecule has 9 heteroatoms. The number of rotatable bonds is 7. The quantitative estimate of drug-likeness (QED) is 0.399. The number of benzene rings is 1. The first-order chi connectivity index (χ1) is 19.3. The summed E-state index contributed by atoms with van der Waals surface area (Å²) in [5.74, 6) is -0.435. The SMILES string of the molecule is COC[C@@]12CCC(OC)C34[C@@H]5CC6(O)C(OC)[C@H]7O[C@]7([C@H]5C6OC(=O)c5ccccc5)[C@@H](C(OC)[C@@H]31)[C@@H]4N(C)C2. The summed E-state index contributed by atoms with van der Waals surface area (Å²) in [6.45, 7) is 1.57. The Morgan fingerprint density at radius 3 is 2.52 bits per heavy atom. The van der Waals surface area contributed by atoms with Gasteiger partial charge in [0.25, 0.3) is 0 Å². The molecule has 9 nitrogen and oxygen atoms in total. The monoisotopic (exact) mass is 555 g/mol. The molecule has 5 saturated carbocycles. The van der Waals surface area contributed by atoms with Gasteiger partial charge in [-0.2, -0.15) is 0 Å². The molecule has 8 rings (SSSR count). The third kappa shape index (κ3) is 2.64. The summed E-state index contributed by atoms with van der Waals surface area (Å²) in [5, 5.41) is 12.6. The highest BCUT2D eigenvalue weighted by Crippen LogP contribution is 2.83. The smallest absolute Gasteiger partial charge is 0.338 e. The zero-order chi connectivity index (χ0) is 27.8. The molecular weight excluding hydrogens is 514 g/mol. The summed E-state index contributed by atoms with van der Waals surface area (Å²) in [4.78, 5) is 16.1. The number of fused-ring (bicyclic) bond motifs is 1. The Morgan fingerprint density at radius 2 is 1.85 bits per heavy atom. The van der Waals surface area contributed by atoms with Crippen LogP contribution in [0.15, 0.2) is 30.3 Å². The minimum absolute atomic E-state index is 0.00754. The number of hydrogen-bond acceptors (Lipinski definition) is 9. The van der Waals surface area contributed by atoms with E-state index in [4.69, 9.17) is 28.4 Å². The van der Waals surface area contributed by atoms with E-state index in [-0.39, 0.29) is 58.9 Å². The summed E-state index contributed by atoms with van der Waals surface area (Å²) >= 11 is 0. The maximum atomic E-state index is 13.5. The maximum absolute atomic E-state index is 13.5. The minimum Gasteiger partial charge on any atom is -0.455 e. The van der Waals surface area contributed by atoms with E-state index in [1.807, 2.05) is 32.4 Å². The van der Waals surface area contributed by atoms with E-state index < -0.39 is 29.4 Å². The largest absolute Gasteiger partial charge is 0.455 e. The highest BCUT2D eigenvalue weighted by atomic mass is 16.7. The number of aliphatic hydroxyl groups is 1. The van der Waals surface area contributed by atoms with Gasteiger partial charge < -0.3 is 38.4 Å². The highest BCUT2D eigenvalue weighted by molar-refractivity contribution is 5.89. The Kier molecular flexibility index (Phi) is 5.39. The lowest BCUT2D eigenvalue weighted by atomic mass is 9.43. The maximum Gasteiger partial charge on any atom is 0.338 e. The molecule has 5 aliphatic carbocycles. The molecular formula is C31H41NO8. The lowest BCUT2D eigenvalue weighted by Crippen LogP contribution is -2.75. The summed E-state index contributed by atoms with van der Waals surface area (Å²) in [6.07, 6.45) is 0.639. The van der Waals surface area contributed by atoms with Gasteiger partial charge in [0.15, 0.2) is 0 Å². The predicted molar refractivity (Wildman–Crippen MR) is 142 cm³/mol. The van der Waals surface area contributed by atoms with Crippen LogP contribution in [0.2, 0.25) is 0 Å². The van der Waals surface area contributed by atoms with Crippen molar-refractivity contribution in [2.24, 2.45) is 34.5 Å². The van der Waals surface area contributed by atoms with E-state index >= 15 is 0 Å². The van der Waals surface area contributed by atoms with Crippen LogP contribution in [0, 0.1) is 34.5 Å². The summed E-state index contributed by atoms with van der Waals surface area (Å²) in [5.41, 5.74) is -1.94. The highest BCUT2D eigenvalue weighted by Gasteiger charge is 2.95. The van der Waals surface area contributed by atoms with Crippen molar-refractivity contribution in [2.75, 3.05) is 48.6 Å². The van der Waals surface area contributed by atoms with Gasteiger partial charge in [-0.1, -0.05) is 18.2 Å². The number of hydrogen-bond donors (Lipinski definition) is 1. The Balaban J connectivity index is 1.33. The molecule has 40 heavy (non-hydrogen) atoms. The fourth-order valence-electron chi connectivity index (χ4n) is 12.2. The number of piperidine rings is 1. The van der Waals surface area contributed by atoms with Gasteiger partial charge >= 0.3 is 5.97 Å². The first-order valence-corrected chi connectivity index (χ1v) is 14.7. The topological polar surface area (TPSA) is 99.2 Å². The molecule has 0 aromatic heterocycles. The lowest BCUT2D eigenvalue weighted by molar-refractivity contribution is -0.249. The molecule has 7 aliphatic rings. The van der Waals surface area contributed by atoms with E-state index in [0.717, 1.165) is 19.4 Å². The van der Waals surface area contributed by atoms with Crippen molar-refractivity contribution in [3.63, 3.8) is 0 Å². The molecule has 1 N–H and O–H groups in total. The Bertz CT molecular complexity index is 1210. The fourth-order valence-corrected chi connectivity index (χ4v) is 12.2. The molecule has 7 fully saturated rings. The molecule has 218 valence electrons. The van der Waals surface area contributed by atoms with Gasteiger partial charge in [-0.15, -0.1) is 0 Å². The normalized spacial score (nSPS) is 54.6. The fraction of sp³-hybridized carbons (Fsp3) is 0.774. The van der Waals surface area contributed by atoms with Crippen molar-refractivity contribution >= 4 is 5.97 Å². The van der Waals surface area contributed by atoms with Crippen LogP contribution in [0.5, 0.6) is 0 Å². The Hall–Kier alpha value is -1.59. The molecule has 2 saturated heterocycles. The van der Waals surface area contributed by atoms with Crippen LogP contribution in [0.4, 0.5) is 0 Å². The number of esters is 1. The summed E-state index contributed by atoms with van der Waals surface area (Å²) in [7, 11) is 9.32. The average Bonchev–Trinajstić information content (AvgIpc) is 3.53. The second-order valence-corrected chi connectivity index (χ2v) is 13.7. The molecule has 6 unspecified atom stereocenters. The number of epoxide rings is 1. The molecule has 0 radical (unpaired) electrons. The van der Waals surface area contributed by atoms with Crippen molar-refractivity contribution in [3.8, 4) is 0 Å². The Labute approximate surface area is 235 Å². The number of methoxy groups -OCH3 is 4. The standard InChI is InChI=1S/C31H41NO8/c1-32-14-28(15-35-2)12-11-18(36-3)30-17-13-29(34)24(39-27(33)16-9-7-6-8-10-16)19(17)31(26(40-31)25(29)38-5)20(23(30)32)21(37-4)22(28)30/h6-10,17-26,34H,11-15H2,1-5H3/t17-,18?,19-,20+,21?,22-,23+,24?,25?,26-,28+,29?,30?,31-/m1/s1. The van der Waals surface area contributed by atoms with Gasteiger partial charge in [0.1, 0.15) is 29.5 Å². The molecule has 0 amide bonds. The first kappa shape index (κ1) is 26.1. The van der Waals surface area contributed by atoms with Gasteiger partial charge in [-0.3, -0.25) is 0 Å². The van der Waals surface area contributed by atoms with E-state index in [0.29, 0.717) is 18.6 Å². The molecule has 1 aromatic carbocycles. The van der Waals surface area contributed by atoms with Crippen LogP contribution in [-0.2, 0) is 28.4 Å². The number of carbonyl (C=O) groups excluding carboxylic acids is 1. The molecule has 2 aliphatic heterocycles. The van der Waals surface area contributed by atoms with Crippen LogP contribution < -0.4 is 0 Å². The number of nitrogens with zero attached hydrogens (tertiary/aromatic N) is 1. The van der Waals surface area contributed by atoms with E-state index in [2.05, 4.69) is 11.9 Å². The van der Waals surface area contributed by atoms with Crippen LogP contribution in [0.25, 0.3) is 0 Å². The van der Waals surface area contributed by atoms with Crippen LogP contribution >= 0.6 is 0 Å². The van der Waals surface area contributed by atoms with Crippen molar-refractivity contribution in [3.05, 3.63) is 35.9 Å². The molecule has 2 heterocycles. The Morgan fingerprint density at radius 1 is 1.07 bits per heavy atom. The molecule has 7 bridgehead atoms. The van der Waals surface area contributed by atoms with Crippen molar-refractivity contribution < 1.29 is 38.3 Å². The van der Waals surface area contributed by atoms with Crippen LogP contribution in [-0.4, -0.2) is 112 Å². The second-order valence-electron chi connectivity index (χ2n) is 13.7. The van der Waals surface area contributed by atoms with Gasteiger partial charge in [0, 0.05) is 69.6 Å². The summed E-state index contributed by atoms with van der Waals surface area (Å²) in [6, 6.07) is 9.18. The number of ether oxygens (including phenoxy) is 6. The van der Waals surface area contributed by atoms with Crippen molar-refractivity contribution in [1.29, 1.82) is 0 Å². The zero-order valence-electron chi connectivity index (χ0n) is 23.9. The van der Waals surface area contributed by atoms with Gasteiger partial charge in [-0.25, -0.2) is 4.79 Å². The number of carbonyl (C=O) groups is 1. The predicted octanol–water partition coefficient (Wildman–Crippen LogP) is 1.76. The van der Waals surface area contributed by atoms with Crippen LogP contribution in [0.3, 0.4) is 0 Å². The molecule has 14 atom stereocenters. The van der Waals surface area contributed by atoms with Crippen LogP contribution in [0.1, 0.15) is 29.6 Å². The zero-order valence-corrected chi connectivity index (χ0v) is 23.9. The van der Waals surface area contributed by atoms with E-state index in [1.165, 1.54) is 0 Å². The third-order valence-electron chi connectivity index (χ3n) is 12.7. The third-order valence-corrected chi connectivity index (χ3v) is 12.7. The first-order valence-electron chi connectivity index (χ1n) is 14.7. The van der Waals surface area contributed by atoms with Gasteiger partial charge in [0.2, 0.25) is 0 Å². The van der Waals surface area contributed by atoms with E-state index in [1.54, 1.807) is 26.4 Å². The minimum atomic E-state index is -1.37. The van der Waals surface area contributed by atoms with Gasteiger partial charge in [0.05, 0.1) is 24.4 Å². The average molecular weight is 556 g/mol. The van der Waals surface area contributed by atoms with Gasteiger partial charge in [-0.05, 0) is 44.4 Å². The van der Waals surface area contributed by atoms with E-state index in [9.17, 15) is 9.90 Å². The van der Waals surface area contributed by atoms with Crippen molar-refractivity contribution in [2.45, 2.75) is 67.0 Å². The lowest BCUT2D eigenvalue weighted by Gasteiger charge is -2.67. The second kappa shape index (κ2) is 8.28. The molecule has 1 aromatic rings.